The van der Waals surface area contributed by atoms with Crippen LogP contribution in [-0.4, -0.2) is 31.6 Å². The maximum absolute atomic E-state index is 12.0. The van der Waals surface area contributed by atoms with Gasteiger partial charge >= 0.3 is 0 Å². The maximum atomic E-state index is 12.0. The van der Waals surface area contributed by atoms with Gasteiger partial charge in [-0.3, -0.25) is 4.79 Å². The first-order chi connectivity index (χ1) is 12.1. The number of aromatic nitrogens is 4. The molecule has 0 bridgehead atoms. The smallest absolute Gasteiger partial charge is 0.236 e. The van der Waals surface area contributed by atoms with Gasteiger partial charge in [0.05, 0.1) is 5.75 Å². The summed E-state index contributed by atoms with van der Waals surface area (Å²) >= 11 is 7.24. The molecule has 1 amide bonds. The van der Waals surface area contributed by atoms with Crippen LogP contribution in [0.15, 0.2) is 40.0 Å². The van der Waals surface area contributed by atoms with E-state index >= 15 is 0 Å². The number of halogens is 1. The van der Waals surface area contributed by atoms with Crippen molar-refractivity contribution in [1.82, 2.24) is 19.9 Å². The molecule has 0 spiro atoms. The minimum absolute atomic E-state index is 0.183. The first kappa shape index (κ1) is 17.5. The van der Waals surface area contributed by atoms with Gasteiger partial charge in [0.15, 0.2) is 16.8 Å². The molecule has 2 aromatic heterocycles. The van der Waals surface area contributed by atoms with E-state index in [1.165, 1.54) is 11.8 Å². The zero-order chi connectivity index (χ0) is 17.8. The second-order valence-corrected chi connectivity index (χ2v) is 6.60. The van der Waals surface area contributed by atoms with E-state index in [2.05, 4.69) is 20.7 Å². The Labute approximate surface area is 153 Å². The fourth-order valence-electron chi connectivity index (χ4n) is 2.23. The third-order valence-electron chi connectivity index (χ3n) is 3.36. The SMILES string of the molecule is CCn1c(SCC(=O)Nc2cc(C)on2)nnc1-c1ccc(Cl)cc1. The molecule has 0 radical (unpaired) electrons. The number of carbonyl (C=O) groups is 1. The van der Waals surface area contributed by atoms with Gasteiger partial charge in [0.1, 0.15) is 5.76 Å². The van der Waals surface area contributed by atoms with Crippen molar-refractivity contribution in [2.45, 2.75) is 25.5 Å². The number of amides is 1. The lowest BCUT2D eigenvalue weighted by atomic mass is 10.2. The third-order valence-corrected chi connectivity index (χ3v) is 4.58. The Morgan fingerprint density at radius 1 is 1.32 bits per heavy atom. The van der Waals surface area contributed by atoms with E-state index in [0.29, 0.717) is 28.3 Å². The fourth-order valence-corrected chi connectivity index (χ4v) is 3.16. The number of rotatable bonds is 6. The van der Waals surface area contributed by atoms with Crippen LogP contribution < -0.4 is 5.32 Å². The molecule has 0 aliphatic rings. The molecule has 0 aliphatic carbocycles. The molecule has 0 aliphatic heterocycles. The second-order valence-electron chi connectivity index (χ2n) is 5.22. The number of carbonyl (C=O) groups excluding carboxylic acids is 1. The lowest BCUT2D eigenvalue weighted by Crippen LogP contribution is -2.14. The van der Waals surface area contributed by atoms with Crippen molar-refractivity contribution in [3.63, 3.8) is 0 Å². The minimum Gasteiger partial charge on any atom is -0.360 e. The van der Waals surface area contributed by atoms with Gasteiger partial charge in [0.25, 0.3) is 0 Å². The highest BCUT2D eigenvalue weighted by Crippen LogP contribution is 2.25. The summed E-state index contributed by atoms with van der Waals surface area (Å²) in [5.41, 5.74) is 0.924. The number of hydrogen-bond donors (Lipinski definition) is 1. The van der Waals surface area contributed by atoms with E-state index < -0.39 is 0 Å². The van der Waals surface area contributed by atoms with Crippen molar-refractivity contribution < 1.29 is 9.32 Å². The van der Waals surface area contributed by atoms with E-state index in [1.807, 2.05) is 35.8 Å². The molecule has 25 heavy (non-hydrogen) atoms. The van der Waals surface area contributed by atoms with Crippen molar-refractivity contribution in [2.24, 2.45) is 0 Å². The molecule has 0 saturated heterocycles. The Kier molecular flexibility index (Phi) is 5.40. The Morgan fingerprint density at radius 2 is 2.08 bits per heavy atom. The van der Waals surface area contributed by atoms with Crippen LogP contribution in [0.2, 0.25) is 5.02 Å². The van der Waals surface area contributed by atoms with Crippen molar-refractivity contribution >= 4 is 35.1 Å². The molecule has 0 saturated carbocycles. The first-order valence-electron chi connectivity index (χ1n) is 7.62. The van der Waals surface area contributed by atoms with Gasteiger partial charge < -0.3 is 14.4 Å². The highest BCUT2D eigenvalue weighted by Gasteiger charge is 2.15. The average molecular weight is 378 g/mol. The maximum Gasteiger partial charge on any atom is 0.236 e. The Morgan fingerprint density at radius 3 is 2.72 bits per heavy atom. The molecular formula is C16H16ClN5O2S. The third kappa shape index (κ3) is 4.21. The van der Waals surface area contributed by atoms with Crippen LogP contribution in [0.25, 0.3) is 11.4 Å². The molecule has 2 heterocycles. The zero-order valence-electron chi connectivity index (χ0n) is 13.7. The van der Waals surface area contributed by atoms with Crippen LogP contribution in [0.4, 0.5) is 5.82 Å². The summed E-state index contributed by atoms with van der Waals surface area (Å²) in [5.74, 6) is 1.80. The van der Waals surface area contributed by atoms with Crippen LogP contribution in [0.3, 0.4) is 0 Å². The molecule has 9 heteroatoms. The van der Waals surface area contributed by atoms with Gasteiger partial charge in [0, 0.05) is 23.2 Å². The molecular weight excluding hydrogens is 362 g/mol. The summed E-state index contributed by atoms with van der Waals surface area (Å²) in [6, 6.07) is 9.08. The van der Waals surface area contributed by atoms with E-state index in [1.54, 1.807) is 13.0 Å². The van der Waals surface area contributed by atoms with E-state index in [4.69, 9.17) is 16.1 Å². The molecule has 130 valence electrons. The molecule has 7 nitrogen and oxygen atoms in total. The summed E-state index contributed by atoms with van der Waals surface area (Å²) in [6.45, 7) is 4.46. The number of nitrogens with one attached hydrogen (secondary N) is 1. The molecule has 1 aromatic carbocycles. The number of aryl methyl sites for hydroxylation is 1. The summed E-state index contributed by atoms with van der Waals surface area (Å²) in [4.78, 5) is 12.0. The van der Waals surface area contributed by atoms with Crippen LogP contribution in [0.1, 0.15) is 12.7 Å². The lowest BCUT2D eigenvalue weighted by Gasteiger charge is -2.07. The number of nitrogens with zero attached hydrogens (tertiary/aromatic N) is 4. The second kappa shape index (κ2) is 7.71. The van der Waals surface area contributed by atoms with Crippen molar-refractivity contribution in [2.75, 3.05) is 11.1 Å². The van der Waals surface area contributed by atoms with Gasteiger partial charge in [-0.2, -0.15) is 0 Å². The molecule has 3 rings (SSSR count). The van der Waals surface area contributed by atoms with Gasteiger partial charge in [-0.15, -0.1) is 10.2 Å². The van der Waals surface area contributed by atoms with Gasteiger partial charge in [-0.1, -0.05) is 28.5 Å². The van der Waals surface area contributed by atoms with Crippen molar-refractivity contribution in [1.29, 1.82) is 0 Å². The van der Waals surface area contributed by atoms with Gasteiger partial charge in [-0.05, 0) is 38.1 Å². The molecule has 0 unspecified atom stereocenters. The van der Waals surface area contributed by atoms with E-state index in [0.717, 1.165) is 11.4 Å². The first-order valence-corrected chi connectivity index (χ1v) is 8.98. The Hall–Kier alpha value is -2.32. The highest BCUT2D eigenvalue weighted by atomic mass is 35.5. The number of benzene rings is 1. The Balaban J connectivity index is 1.68. The van der Waals surface area contributed by atoms with E-state index in [-0.39, 0.29) is 11.7 Å². The lowest BCUT2D eigenvalue weighted by molar-refractivity contribution is -0.113. The largest absolute Gasteiger partial charge is 0.360 e. The summed E-state index contributed by atoms with van der Waals surface area (Å²) < 4.78 is 6.88. The number of anilines is 1. The summed E-state index contributed by atoms with van der Waals surface area (Å²) in [6.07, 6.45) is 0. The quantitative estimate of drug-likeness (QED) is 0.660. The highest BCUT2D eigenvalue weighted by molar-refractivity contribution is 7.99. The van der Waals surface area contributed by atoms with Gasteiger partial charge in [-0.25, -0.2) is 0 Å². The van der Waals surface area contributed by atoms with Crippen LogP contribution >= 0.6 is 23.4 Å². The van der Waals surface area contributed by atoms with Crippen molar-refractivity contribution in [3.05, 3.63) is 41.1 Å². The summed E-state index contributed by atoms with van der Waals surface area (Å²) in [7, 11) is 0. The minimum atomic E-state index is -0.183. The molecule has 0 fully saturated rings. The zero-order valence-corrected chi connectivity index (χ0v) is 15.3. The predicted octanol–water partition coefficient (Wildman–Crippen LogP) is 3.65. The van der Waals surface area contributed by atoms with Crippen LogP contribution in [0.5, 0.6) is 0 Å². The van der Waals surface area contributed by atoms with Crippen molar-refractivity contribution in [3.8, 4) is 11.4 Å². The Bertz CT molecular complexity index is 875. The molecule has 1 N–H and O–H groups in total. The number of thioether (sulfide) groups is 1. The van der Waals surface area contributed by atoms with Crippen LogP contribution in [0, 0.1) is 6.92 Å². The molecule has 3 aromatic rings. The number of hydrogen-bond acceptors (Lipinski definition) is 6. The van der Waals surface area contributed by atoms with Crippen LogP contribution in [-0.2, 0) is 11.3 Å². The van der Waals surface area contributed by atoms with E-state index in [9.17, 15) is 4.79 Å². The monoisotopic (exact) mass is 377 g/mol. The molecule has 0 atom stereocenters. The van der Waals surface area contributed by atoms with Gasteiger partial charge in [0.2, 0.25) is 5.91 Å². The average Bonchev–Trinajstić information content (AvgIpc) is 3.19. The standard InChI is InChI=1S/C16H16ClN5O2S/c1-3-22-15(11-4-6-12(17)7-5-11)19-20-16(22)25-9-14(23)18-13-8-10(2)24-21-13/h4-8H,3,9H2,1-2H3,(H,18,21,23). The summed E-state index contributed by atoms with van der Waals surface area (Å²) in [5, 5.41) is 16.2. The fraction of sp³-hybridized carbons (Fsp3) is 0.250. The predicted molar refractivity (Wildman–Crippen MR) is 96.7 cm³/mol. The topological polar surface area (TPSA) is 85.8 Å². The normalized spacial score (nSPS) is 10.8.